The zero-order valence-electron chi connectivity index (χ0n) is 10.00. The number of aliphatic hydroxyl groups excluding tert-OH is 1. The summed E-state index contributed by atoms with van der Waals surface area (Å²) in [6.45, 7) is 2.39. The van der Waals surface area contributed by atoms with Gasteiger partial charge >= 0.3 is 0 Å². The highest BCUT2D eigenvalue weighted by Gasteiger charge is 2.38. The van der Waals surface area contributed by atoms with Gasteiger partial charge in [0.05, 0.1) is 30.7 Å². The summed E-state index contributed by atoms with van der Waals surface area (Å²) < 4.78 is 2.19. The van der Waals surface area contributed by atoms with Crippen LogP contribution in [0.2, 0.25) is 0 Å². The molecule has 0 amide bonds. The first-order valence-corrected chi connectivity index (χ1v) is 6.43. The Bertz CT molecular complexity index is 392. The minimum atomic E-state index is -0.312. The van der Waals surface area contributed by atoms with Gasteiger partial charge in [0.1, 0.15) is 0 Å². The van der Waals surface area contributed by atoms with Crippen molar-refractivity contribution in [1.82, 2.24) is 14.5 Å². The largest absolute Gasteiger partial charge is 0.394 e. The lowest BCUT2D eigenvalue weighted by Gasteiger charge is -2.24. The Morgan fingerprint density at radius 2 is 2.29 bits per heavy atom. The Morgan fingerprint density at radius 1 is 1.41 bits per heavy atom. The van der Waals surface area contributed by atoms with Gasteiger partial charge in [0.2, 0.25) is 0 Å². The molecule has 1 aromatic rings. The molecule has 3 heterocycles. The van der Waals surface area contributed by atoms with Crippen molar-refractivity contribution in [3.8, 4) is 0 Å². The topological polar surface area (TPSA) is 67.3 Å². The van der Waals surface area contributed by atoms with E-state index < -0.39 is 0 Å². The van der Waals surface area contributed by atoms with E-state index in [1.807, 2.05) is 6.33 Å². The summed E-state index contributed by atoms with van der Waals surface area (Å²) in [6, 6.07) is 0.828. The molecule has 3 unspecified atom stereocenters. The maximum Gasteiger partial charge on any atom is 0.0951 e. The molecule has 0 bridgehead atoms. The van der Waals surface area contributed by atoms with E-state index in [9.17, 15) is 5.11 Å². The van der Waals surface area contributed by atoms with Crippen LogP contribution in [-0.4, -0.2) is 45.3 Å². The summed E-state index contributed by atoms with van der Waals surface area (Å²) in [5.41, 5.74) is 6.88. The average molecular weight is 236 g/mol. The van der Waals surface area contributed by atoms with Crippen molar-refractivity contribution in [3.63, 3.8) is 0 Å². The predicted octanol–water partition coefficient (Wildman–Crippen LogP) is 0.284. The number of aromatic nitrogens is 2. The minimum absolute atomic E-state index is 0.0210. The zero-order chi connectivity index (χ0) is 11.8. The van der Waals surface area contributed by atoms with E-state index in [1.54, 1.807) is 6.20 Å². The Balaban J connectivity index is 1.86. The number of nitrogens with two attached hydrogens (primary N) is 1. The Hall–Kier alpha value is -0.910. The smallest absolute Gasteiger partial charge is 0.0951 e. The van der Waals surface area contributed by atoms with E-state index in [-0.39, 0.29) is 12.6 Å². The Kier molecular flexibility index (Phi) is 2.90. The fourth-order valence-electron chi connectivity index (χ4n) is 3.35. The zero-order valence-corrected chi connectivity index (χ0v) is 10.00. The Morgan fingerprint density at radius 3 is 3.12 bits per heavy atom. The van der Waals surface area contributed by atoms with E-state index >= 15 is 0 Å². The summed E-state index contributed by atoms with van der Waals surface area (Å²) >= 11 is 0. The Labute approximate surface area is 101 Å². The minimum Gasteiger partial charge on any atom is -0.394 e. The first kappa shape index (κ1) is 11.2. The van der Waals surface area contributed by atoms with Crippen LogP contribution in [0.3, 0.4) is 0 Å². The molecule has 3 atom stereocenters. The fourth-order valence-corrected chi connectivity index (χ4v) is 3.35. The molecule has 2 saturated heterocycles. The SMILES string of the molecule is NC(CO)c1cncn1C1CCN2CCCC12. The van der Waals surface area contributed by atoms with E-state index in [0.29, 0.717) is 12.1 Å². The van der Waals surface area contributed by atoms with Crippen molar-refractivity contribution < 1.29 is 5.11 Å². The van der Waals surface area contributed by atoms with Crippen LogP contribution in [0.5, 0.6) is 0 Å². The van der Waals surface area contributed by atoms with Crippen LogP contribution in [0.25, 0.3) is 0 Å². The van der Waals surface area contributed by atoms with Gasteiger partial charge < -0.3 is 15.4 Å². The molecule has 2 fully saturated rings. The van der Waals surface area contributed by atoms with Crippen molar-refractivity contribution in [2.24, 2.45) is 5.73 Å². The van der Waals surface area contributed by atoms with Crippen LogP contribution in [0.1, 0.15) is 37.0 Å². The molecule has 94 valence electrons. The van der Waals surface area contributed by atoms with Crippen LogP contribution in [0.4, 0.5) is 0 Å². The molecular formula is C12H20N4O. The summed E-state index contributed by atoms with van der Waals surface area (Å²) in [5, 5.41) is 9.18. The third-order valence-electron chi connectivity index (χ3n) is 4.20. The van der Waals surface area contributed by atoms with Gasteiger partial charge in [0.25, 0.3) is 0 Å². The number of nitrogens with zero attached hydrogens (tertiary/aromatic N) is 3. The molecule has 2 aliphatic heterocycles. The van der Waals surface area contributed by atoms with Crippen LogP contribution in [0, 0.1) is 0 Å². The molecule has 0 radical (unpaired) electrons. The highest BCUT2D eigenvalue weighted by atomic mass is 16.3. The van der Waals surface area contributed by atoms with Gasteiger partial charge in [-0.25, -0.2) is 4.98 Å². The number of imidazole rings is 1. The van der Waals surface area contributed by atoms with E-state index in [2.05, 4.69) is 14.5 Å². The van der Waals surface area contributed by atoms with Gasteiger partial charge in [-0.1, -0.05) is 0 Å². The lowest BCUT2D eigenvalue weighted by Crippen LogP contribution is -2.29. The molecule has 5 nitrogen and oxygen atoms in total. The standard InChI is InChI=1S/C12H20N4O/c13-9(7-17)12-6-14-8-16(12)11-3-5-15-4-1-2-10(11)15/h6,8-11,17H,1-5,7,13H2. The van der Waals surface area contributed by atoms with Crippen molar-refractivity contribution in [2.75, 3.05) is 19.7 Å². The predicted molar refractivity (Wildman–Crippen MR) is 64.5 cm³/mol. The molecule has 3 rings (SSSR count). The summed E-state index contributed by atoms with van der Waals surface area (Å²) in [7, 11) is 0. The number of hydrogen-bond acceptors (Lipinski definition) is 4. The van der Waals surface area contributed by atoms with Crippen LogP contribution in [-0.2, 0) is 0 Å². The van der Waals surface area contributed by atoms with E-state index in [1.165, 1.54) is 32.4 Å². The van der Waals surface area contributed by atoms with E-state index in [4.69, 9.17) is 5.73 Å². The molecule has 0 aliphatic carbocycles. The summed E-state index contributed by atoms with van der Waals surface area (Å²) in [5.74, 6) is 0. The molecular weight excluding hydrogens is 216 g/mol. The molecule has 2 aliphatic rings. The van der Waals surface area contributed by atoms with Gasteiger partial charge in [0.15, 0.2) is 0 Å². The molecule has 0 saturated carbocycles. The quantitative estimate of drug-likeness (QED) is 0.791. The highest BCUT2D eigenvalue weighted by Crippen LogP contribution is 2.37. The normalized spacial score (nSPS) is 30.7. The van der Waals surface area contributed by atoms with Gasteiger partial charge in [-0.2, -0.15) is 0 Å². The fraction of sp³-hybridized carbons (Fsp3) is 0.750. The number of hydrogen-bond donors (Lipinski definition) is 2. The molecule has 3 N–H and O–H groups in total. The van der Waals surface area contributed by atoms with Crippen LogP contribution >= 0.6 is 0 Å². The average Bonchev–Trinajstić information content (AvgIpc) is 3.02. The van der Waals surface area contributed by atoms with Crippen molar-refractivity contribution in [1.29, 1.82) is 0 Å². The van der Waals surface area contributed by atoms with Crippen molar-refractivity contribution in [2.45, 2.75) is 37.4 Å². The number of aliphatic hydroxyl groups is 1. The van der Waals surface area contributed by atoms with Gasteiger partial charge in [-0.05, 0) is 25.8 Å². The maximum atomic E-state index is 9.18. The van der Waals surface area contributed by atoms with Gasteiger partial charge in [-0.3, -0.25) is 4.90 Å². The van der Waals surface area contributed by atoms with Crippen LogP contribution < -0.4 is 5.73 Å². The van der Waals surface area contributed by atoms with Gasteiger partial charge in [-0.15, -0.1) is 0 Å². The van der Waals surface area contributed by atoms with Crippen LogP contribution in [0.15, 0.2) is 12.5 Å². The second-order valence-corrected chi connectivity index (χ2v) is 5.12. The second kappa shape index (κ2) is 4.40. The summed E-state index contributed by atoms with van der Waals surface area (Å²) in [4.78, 5) is 6.77. The maximum absolute atomic E-state index is 9.18. The number of rotatable bonds is 3. The second-order valence-electron chi connectivity index (χ2n) is 5.12. The third-order valence-corrected chi connectivity index (χ3v) is 4.20. The first-order chi connectivity index (χ1) is 8.31. The molecule has 0 aromatic carbocycles. The monoisotopic (exact) mass is 236 g/mol. The number of fused-ring (bicyclic) bond motifs is 1. The lowest BCUT2D eigenvalue weighted by molar-refractivity contribution is 0.254. The third kappa shape index (κ3) is 1.78. The lowest BCUT2D eigenvalue weighted by atomic mass is 10.1. The van der Waals surface area contributed by atoms with E-state index in [0.717, 1.165) is 5.69 Å². The molecule has 17 heavy (non-hydrogen) atoms. The van der Waals surface area contributed by atoms with Crippen molar-refractivity contribution in [3.05, 3.63) is 18.2 Å². The molecule has 1 aromatic heterocycles. The van der Waals surface area contributed by atoms with Gasteiger partial charge in [0, 0.05) is 18.8 Å². The first-order valence-electron chi connectivity index (χ1n) is 6.43. The molecule has 5 heteroatoms. The molecule has 0 spiro atoms. The highest BCUT2D eigenvalue weighted by molar-refractivity contribution is 5.09. The summed E-state index contributed by atoms with van der Waals surface area (Å²) in [6.07, 6.45) is 7.41. The van der Waals surface area contributed by atoms with Crippen molar-refractivity contribution >= 4 is 0 Å².